The summed E-state index contributed by atoms with van der Waals surface area (Å²) < 4.78 is 0. The Morgan fingerprint density at radius 2 is 2.31 bits per heavy atom. The van der Waals surface area contributed by atoms with Crippen molar-refractivity contribution in [1.82, 2.24) is 0 Å². The summed E-state index contributed by atoms with van der Waals surface area (Å²) in [4.78, 5) is 0.123. The van der Waals surface area contributed by atoms with Gasteiger partial charge in [-0.1, -0.05) is 45.8 Å². The number of rotatable bonds is 1. The molecule has 1 aliphatic rings. The Labute approximate surface area is 98.1 Å². The van der Waals surface area contributed by atoms with Crippen LogP contribution in [0.2, 0.25) is 0 Å². The zero-order valence-corrected chi connectivity index (χ0v) is 10.7. The summed E-state index contributed by atoms with van der Waals surface area (Å²) >= 11 is 15.5. The topological polar surface area (TPSA) is 0 Å². The van der Waals surface area contributed by atoms with E-state index in [9.17, 15) is 0 Å². The van der Waals surface area contributed by atoms with Crippen molar-refractivity contribution in [3.8, 4) is 0 Å². The third-order valence-electron chi connectivity index (χ3n) is 2.52. The third-order valence-corrected chi connectivity index (χ3v) is 4.71. The first kappa shape index (κ1) is 11.6. The van der Waals surface area contributed by atoms with Gasteiger partial charge in [-0.05, 0) is 25.7 Å². The number of hydrogen-bond acceptors (Lipinski definition) is 0. The maximum atomic E-state index is 6.32. The predicted octanol–water partition coefficient (Wildman–Crippen LogP) is 4.47. The highest BCUT2D eigenvalue weighted by atomic mass is 79.9. The monoisotopic (exact) mass is 282 g/mol. The van der Waals surface area contributed by atoms with Crippen LogP contribution in [0, 0.1) is 5.92 Å². The van der Waals surface area contributed by atoms with Crippen molar-refractivity contribution in [2.45, 2.75) is 29.5 Å². The van der Waals surface area contributed by atoms with Crippen LogP contribution in [0.5, 0.6) is 0 Å². The molecule has 0 aromatic heterocycles. The lowest BCUT2D eigenvalue weighted by Crippen LogP contribution is -2.36. The summed E-state index contributed by atoms with van der Waals surface area (Å²) in [6.07, 6.45) is 3.79. The molecule has 1 fully saturated rings. The van der Waals surface area contributed by atoms with Gasteiger partial charge in [-0.25, -0.2) is 0 Å². The largest absolute Gasteiger partial charge is 0.118 e. The Bertz CT molecular complexity index is 233. The normalized spacial score (nSPS) is 41.4. The Morgan fingerprint density at radius 1 is 1.69 bits per heavy atom. The first-order chi connectivity index (χ1) is 5.97. The van der Waals surface area contributed by atoms with E-state index in [1.54, 1.807) is 5.54 Å². The van der Waals surface area contributed by atoms with Crippen LogP contribution in [-0.4, -0.2) is 9.70 Å². The minimum absolute atomic E-state index is 0.201. The molecular weight excluding hydrogens is 271 g/mol. The van der Waals surface area contributed by atoms with Crippen LogP contribution >= 0.6 is 39.1 Å². The lowest BCUT2D eigenvalue weighted by molar-refractivity contribution is 0.456. The maximum Gasteiger partial charge on any atom is 0.0580 e. The van der Waals surface area contributed by atoms with Crippen molar-refractivity contribution in [3.05, 3.63) is 23.8 Å². The minimum atomic E-state index is -0.201. The van der Waals surface area contributed by atoms with Crippen LogP contribution in [-0.2, 0) is 0 Å². The standard InChI is InChI=1S/C10H13BrCl2/c1-7-6-10(2,13)9(11)5-8(7)3-4-12/h3-4,8-9H,1,5-6H2,2H3. The fourth-order valence-electron chi connectivity index (χ4n) is 1.62. The van der Waals surface area contributed by atoms with Gasteiger partial charge in [0.05, 0.1) is 4.87 Å². The second-order valence-electron chi connectivity index (χ2n) is 3.74. The summed E-state index contributed by atoms with van der Waals surface area (Å²) in [5.41, 5.74) is 2.73. The van der Waals surface area contributed by atoms with E-state index in [0.29, 0.717) is 10.7 Å². The van der Waals surface area contributed by atoms with E-state index in [1.807, 2.05) is 13.0 Å². The summed E-state index contributed by atoms with van der Waals surface area (Å²) in [5, 5.41) is 0. The van der Waals surface area contributed by atoms with Crippen LogP contribution in [0.1, 0.15) is 19.8 Å². The van der Waals surface area contributed by atoms with Crippen molar-refractivity contribution in [3.63, 3.8) is 0 Å². The second-order valence-corrected chi connectivity index (χ2v) is 5.96. The molecule has 0 aliphatic heterocycles. The van der Waals surface area contributed by atoms with Crippen molar-refractivity contribution >= 4 is 39.1 Å². The highest BCUT2D eigenvalue weighted by Crippen LogP contribution is 2.43. The van der Waals surface area contributed by atoms with Crippen LogP contribution in [0.15, 0.2) is 23.8 Å². The van der Waals surface area contributed by atoms with Gasteiger partial charge in [-0.15, -0.1) is 11.6 Å². The summed E-state index contributed by atoms with van der Waals surface area (Å²) in [6, 6.07) is 0. The van der Waals surface area contributed by atoms with Crippen molar-refractivity contribution in [1.29, 1.82) is 0 Å². The molecule has 0 saturated heterocycles. The van der Waals surface area contributed by atoms with E-state index >= 15 is 0 Å². The molecule has 3 atom stereocenters. The Morgan fingerprint density at radius 3 is 2.85 bits per heavy atom. The van der Waals surface area contributed by atoms with E-state index in [4.69, 9.17) is 23.2 Å². The molecule has 0 nitrogen and oxygen atoms in total. The average Bonchev–Trinajstić information content (AvgIpc) is 2.00. The Kier molecular flexibility index (Phi) is 3.91. The number of hydrogen-bond donors (Lipinski definition) is 0. The number of alkyl halides is 2. The van der Waals surface area contributed by atoms with Gasteiger partial charge in [0.25, 0.3) is 0 Å². The van der Waals surface area contributed by atoms with Gasteiger partial charge in [-0.3, -0.25) is 0 Å². The van der Waals surface area contributed by atoms with Crippen LogP contribution < -0.4 is 0 Å². The molecule has 0 N–H and O–H groups in total. The Balaban J connectivity index is 2.73. The summed E-state index contributed by atoms with van der Waals surface area (Å²) in [7, 11) is 0. The fraction of sp³-hybridized carbons (Fsp3) is 0.600. The molecule has 1 rings (SSSR count). The smallest absolute Gasteiger partial charge is 0.0580 e. The van der Waals surface area contributed by atoms with Gasteiger partial charge in [0, 0.05) is 10.4 Å². The van der Waals surface area contributed by atoms with Gasteiger partial charge in [0.2, 0.25) is 0 Å². The fourth-order valence-corrected chi connectivity index (χ4v) is 2.62. The van der Waals surface area contributed by atoms with Crippen molar-refractivity contribution in [2.24, 2.45) is 5.92 Å². The van der Waals surface area contributed by atoms with E-state index in [-0.39, 0.29) is 4.87 Å². The Hall–Kier alpha value is 0.540. The molecule has 0 aromatic carbocycles. The molecule has 0 aromatic rings. The molecule has 1 saturated carbocycles. The molecule has 74 valence electrons. The summed E-state index contributed by atoms with van der Waals surface area (Å²) in [5.74, 6) is 0.369. The van der Waals surface area contributed by atoms with Crippen LogP contribution in [0.25, 0.3) is 0 Å². The van der Waals surface area contributed by atoms with Crippen molar-refractivity contribution < 1.29 is 0 Å². The predicted molar refractivity (Wildman–Crippen MR) is 63.8 cm³/mol. The number of allylic oxidation sites excluding steroid dienone is 2. The molecule has 3 unspecified atom stereocenters. The van der Waals surface area contributed by atoms with Gasteiger partial charge < -0.3 is 0 Å². The molecule has 13 heavy (non-hydrogen) atoms. The van der Waals surface area contributed by atoms with Crippen LogP contribution in [0.3, 0.4) is 0 Å². The highest BCUT2D eigenvalue weighted by Gasteiger charge is 2.37. The van der Waals surface area contributed by atoms with E-state index in [2.05, 4.69) is 22.5 Å². The first-order valence-corrected chi connectivity index (χ1v) is 5.98. The van der Waals surface area contributed by atoms with E-state index in [0.717, 1.165) is 12.8 Å². The van der Waals surface area contributed by atoms with E-state index < -0.39 is 0 Å². The molecule has 0 spiro atoms. The number of halogens is 3. The minimum Gasteiger partial charge on any atom is -0.118 e. The van der Waals surface area contributed by atoms with Gasteiger partial charge in [0.15, 0.2) is 0 Å². The molecule has 0 radical (unpaired) electrons. The van der Waals surface area contributed by atoms with E-state index in [1.165, 1.54) is 5.57 Å². The molecule has 0 bridgehead atoms. The first-order valence-electron chi connectivity index (χ1n) is 4.25. The molecule has 0 amide bonds. The zero-order chi connectivity index (χ0) is 10.1. The third kappa shape index (κ3) is 2.74. The van der Waals surface area contributed by atoms with Gasteiger partial charge in [0.1, 0.15) is 0 Å². The highest BCUT2D eigenvalue weighted by molar-refractivity contribution is 9.09. The second kappa shape index (κ2) is 4.37. The zero-order valence-electron chi connectivity index (χ0n) is 7.56. The summed E-state index contributed by atoms with van der Waals surface area (Å²) in [6.45, 7) is 6.07. The molecular formula is C10H13BrCl2. The lowest BCUT2D eigenvalue weighted by Gasteiger charge is -2.37. The van der Waals surface area contributed by atoms with Crippen molar-refractivity contribution in [2.75, 3.05) is 0 Å². The molecule has 0 heterocycles. The van der Waals surface area contributed by atoms with Gasteiger partial charge in [-0.2, -0.15) is 0 Å². The lowest BCUT2D eigenvalue weighted by atomic mass is 9.79. The quantitative estimate of drug-likeness (QED) is 0.492. The maximum absolute atomic E-state index is 6.32. The van der Waals surface area contributed by atoms with Crippen LogP contribution in [0.4, 0.5) is 0 Å². The molecule has 3 heteroatoms. The average molecular weight is 284 g/mol. The van der Waals surface area contributed by atoms with Gasteiger partial charge >= 0.3 is 0 Å². The SMILES string of the molecule is C=C1CC(C)(Cl)C(Br)CC1C=CCl. The molecule has 1 aliphatic carbocycles.